The maximum atomic E-state index is 10.5. The Morgan fingerprint density at radius 3 is 1.95 bits per heavy atom. The quantitative estimate of drug-likeness (QED) is 0.657. The molecule has 2 N–H and O–H groups in total. The molecule has 0 unspecified atom stereocenters. The molecule has 0 fully saturated rings. The van der Waals surface area contributed by atoms with Gasteiger partial charge in [-0.3, -0.25) is 0 Å². The van der Waals surface area contributed by atoms with Crippen LogP contribution in [0.2, 0.25) is 0 Å². The first kappa shape index (κ1) is 13.4. The van der Waals surface area contributed by atoms with Gasteiger partial charge in [0, 0.05) is 0 Å². The van der Waals surface area contributed by atoms with Crippen molar-refractivity contribution in [3.05, 3.63) is 48.5 Å². The fourth-order valence-electron chi connectivity index (χ4n) is 1.66. The van der Waals surface area contributed by atoms with Crippen molar-refractivity contribution in [2.75, 3.05) is 0 Å². The molecule has 6 nitrogen and oxygen atoms in total. The molecule has 0 heterocycles. The zero-order valence-electron chi connectivity index (χ0n) is 10.1. The zero-order chi connectivity index (χ0) is 14.5. The standard InChI is InChI=1S/C14H10O6/c15-13(16)19-11-6-4-9(5-7-11)10-2-1-3-12(8-10)20-14(17)18/h1-8H,(H,15,16)(H,17,18). The molecule has 6 heteroatoms. The van der Waals surface area contributed by atoms with Crippen molar-refractivity contribution in [2.45, 2.75) is 0 Å². The van der Waals surface area contributed by atoms with E-state index in [1.807, 2.05) is 0 Å². The monoisotopic (exact) mass is 274 g/mol. The number of carbonyl (C=O) groups is 2. The van der Waals surface area contributed by atoms with E-state index in [1.54, 1.807) is 30.3 Å². The third-order valence-electron chi connectivity index (χ3n) is 2.43. The topological polar surface area (TPSA) is 93.1 Å². The highest BCUT2D eigenvalue weighted by molar-refractivity contribution is 5.69. The van der Waals surface area contributed by atoms with Gasteiger partial charge in [-0.15, -0.1) is 0 Å². The van der Waals surface area contributed by atoms with Crippen LogP contribution in [-0.4, -0.2) is 22.5 Å². The third-order valence-corrected chi connectivity index (χ3v) is 2.43. The second-order valence-electron chi connectivity index (χ2n) is 3.79. The van der Waals surface area contributed by atoms with Crippen LogP contribution in [-0.2, 0) is 0 Å². The van der Waals surface area contributed by atoms with Gasteiger partial charge in [-0.2, -0.15) is 0 Å². The third kappa shape index (κ3) is 3.49. The Kier molecular flexibility index (Phi) is 3.85. The predicted molar refractivity (Wildman–Crippen MR) is 69.2 cm³/mol. The van der Waals surface area contributed by atoms with Gasteiger partial charge < -0.3 is 19.7 Å². The minimum atomic E-state index is -1.38. The molecule has 0 radical (unpaired) electrons. The van der Waals surface area contributed by atoms with E-state index in [2.05, 4.69) is 9.47 Å². The van der Waals surface area contributed by atoms with Crippen LogP contribution in [0.1, 0.15) is 0 Å². The van der Waals surface area contributed by atoms with E-state index in [1.165, 1.54) is 18.2 Å². The zero-order valence-corrected chi connectivity index (χ0v) is 10.1. The number of hydrogen-bond acceptors (Lipinski definition) is 4. The molecule has 0 aliphatic rings. The summed E-state index contributed by atoms with van der Waals surface area (Å²) in [5.74, 6) is 0.417. The van der Waals surface area contributed by atoms with Crippen LogP contribution in [0.25, 0.3) is 11.1 Å². The number of ether oxygens (including phenoxy) is 2. The summed E-state index contributed by atoms with van der Waals surface area (Å²) in [4.78, 5) is 20.8. The average Bonchev–Trinajstić information content (AvgIpc) is 2.38. The Hall–Kier alpha value is -3.02. The highest BCUT2D eigenvalue weighted by atomic mass is 16.7. The van der Waals surface area contributed by atoms with Crippen molar-refractivity contribution < 1.29 is 29.3 Å². The molecule has 0 bridgehead atoms. The molecule has 102 valence electrons. The van der Waals surface area contributed by atoms with E-state index >= 15 is 0 Å². The van der Waals surface area contributed by atoms with Crippen LogP contribution >= 0.6 is 0 Å². The molecule has 2 aromatic carbocycles. The summed E-state index contributed by atoms with van der Waals surface area (Å²) < 4.78 is 9.06. The summed E-state index contributed by atoms with van der Waals surface area (Å²) in [5, 5.41) is 17.0. The van der Waals surface area contributed by atoms with Crippen molar-refractivity contribution in [3.8, 4) is 22.6 Å². The summed E-state index contributed by atoms with van der Waals surface area (Å²) >= 11 is 0. The molecule has 2 aromatic rings. The second-order valence-corrected chi connectivity index (χ2v) is 3.79. The fourth-order valence-corrected chi connectivity index (χ4v) is 1.66. The van der Waals surface area contributed by atoms with Crippen LogP contribution in [0, 0.1) is 0 Å². The summed E-state index contributed by atoms with van der Waals surface area (Å²) in [6.07, 6.45) is -2.76. The molecule has 0 atom stereocenters. The van der Waals surface area contributed by atoms with Gasteiger partial charge in [0.05, 0.1) is 0 Å². The van der Waals surface area contributed by atoms with E-state index in [4.69, 9.17) is 10.2 Å². The summed E-state index contributed by atoms with van der Waals surface area (Å²) in [6.45, 7) is 0. The second kappa shape index (κ2) is 5.75. The lowest BCUT2D eigenvalue weighted by Gasteiger charge is -2.05. The van der Waals surface area contributed by atoms with Crippen LogP contribution in [0.5, 0.6) is 11.5 Å². The first-order valence-electron chi connectivity index (χ1n) is 5.56. The lowest BCUT2D eigenvalue weighted by molar-refractivity contribution is 0.143. The maximum absolute atomic E-state index is 10.5. The minimum Gasteiger partial charge on any atom is -0.449 e. The number of rotatable bonds is 3. The van der Waals surface area contributed by atoms with E-state index < -0.39 is 12.3 Å². The van der Waals surface area contributed by atoms with Gasteiger partial charge in [0.1, 0.15) is 11.5 Å². The molecule has 0 amide bonds. The van der Waals surface area contributed by atoms with Gasteiger partial charge >= 0.3 is 12.3 Å². The van der Waals surface area contributed by atoms with E-state index in [0.29, 0.717) is 0 Å². The normalized spacial score (nSPS) is 9.80. The Morgan fingerprint density at radius 1 is 0.750 bits per heavy atom. The number of carboxylic acid groups (broad SMARTS) is 2. The van der Waals surface area contributed by atoms with Gasteiger partial charge in [0.15, 0.2) is 0 Å². The minimum absolute atomic E-state index is 0.208. The lowest BCUT2D eigenvalue weighted by Crippen LogP contribution is -2.03. The van der Waals surface area contributed by atoms with Crippen molar-refractivity contribution >= 4 is 12.3 Å². The van der Waals surface area contributed by atoms with Crippen LogP contribution < -0.4 is 9.47 Å². The maximum Gasteiger partial charge on any atom is 0.511 e. The van der Waals surface area contributed by atoms with Crippen LogP contribution in [0.4, 0.5) is 9.59 Å². The Morgan fingerprint density at radius 2 is 1.35 bits per heavy atom. The predicted octanol–water partition coefficient (Wildman–Crippen LogP) is 3.47. The van der Waals surface area contributed by atoms with Crippen molar-refractivity contribution in [1.82, 2.24) is 0 Å². The van der Waals surface area contributed by atoms with Crippen molar-refractivity contribution in [2.24, 2.45) is 0 Å². The first-order valence-corrected chi connectivity index (χ1v) is 5.56. The molecular weight excluding hydrogens is 264 g/mol. The molecule has 0 saturated heterocycles. The largest absolute Gasteiger partial charge is 0.511 e. The molecule has 20 heavy (non-hydrogen) atoms. The summed E-state index contributed by atoms with van der Waals surface area (Å²) in [5.41, 5.74) is 1.52. The van der Waals surface area contributed by atoms with Crippen LogP contribution in [0.3, 0.4) is 0 Å². The highest BCUT2D eigenvalue weighted by Crippen LogP contribution is 2.25. The molecule has 2 rings (SSSR count). The van der Waals surface area contributed by atoms with Gasteiger partial charge in [0.2, 0.25) is 0 Å². The summed E-state index contributed by atoms with van der Waals surface area (Å²) in [6, 6.07) is 12.9. The average molecular weight is 274 g/mol. The number of hydrogen-bond donors (Lipinski definition) is 2. The van der Waals surface area contributed by atoms with Crippen molar-refractivity contribution in [3.63, 3.8) is 0 Å². The van der Waals surface area contributed by atoms with E-state index in [9.17, 15) is 9.59 Å². The fraction of sp³-hybridized carbons (Fsp3) is 0. The van der Waals surface area contributed by atoms with Gasteiger partial charge in [-0.1, -0.05) is 24.3 Å². The van der Waals surface area contributed by atoms with Crippen LogP contribution in [0.15, 0.2) is 48.5 Å². The van der Waals surface area contributed by atoms with Gasteiger partial charge in [0.25, 0.3) is 0 Å². The molecule has 0 spiro atoms. The van der Waals surface area contributed by atoms with E-state index in [-0.39, 0.29) is 11.5 Å². The Bertz CT molecular complexity index is 632. The highest BCUT2D eigenvalue weighted by Gasteiger charge is 2.05. The molecule has 0 aromatic heterocycles. The van der Waals surface area contributed by atoms with E-state index in [0.717, 1.165) is 11.1 Å². The molecule has 0 aliphatic carbocycles. The Balaban J connectivity index is 2.22. The summed E-state index contributed by atoms with van der Waals surface area (Å²) in [7, 11) is 0. The Labute approximate surface area is 113 Å². The first-order chi connectivity index (χ1) is 9.54. The molecule has 0 aliphatic heterocycles. The SMILES string of the molecule is O=C(O)Oc1ccc(-c2cccc(OC(=O)O)c2)cc1. The van der Waals surface area contributed by atoms with Gasteiger partial charge in [-0.25, -0.2) is 9.59 Å². The lowest BCUT2D eigenvalue weighted by atomic mass is 10.1. The smallest absolute Gasteiger partial charge is 0.449 e. The van der Waals surface area contributed by atoms with Crippen molar-refractivity contribution in [1.29, 1.82) is 0 Å². The molecular formula is C14H10O6. The molecule has 0 saturated carbocycles. The number of benzene rings is 2. The van der Waals surface area contributed by atoms with Gasteiger partial charge in [-0.05, 0) is 35.4 Å².